The average molecular weight is 295 g/mol. The molecule has 1 N–H and O–H groups in total. The smallest absolute Gasteiger partial charge is 0.142 e. The number of benzene rings is 1. The molecule has 1 aromatic carbocycles. The second kappa shape index (κ2) is 6.61. The molecule has 0 saturated heterocycles. The number of nitrogens with zero attached hydrogens (tertiary/aromatic N) is 2. The van der Waals surface area contributed by atoms with Gasteiger partial charge in [0, 0.05) is 24.2 Å². The molecule has 0 aliphatic carbocycles. The Morgan fingerprint density at radius 3 is 2.67 bits per heavy atom. The Bertz CT molecular complexity index is 680. The van der Waals surface area contributed by atoms with Gasteiger partial charge in [0.05, 0.1) is 11.4 Å². The van der Waals surface area contributed by atoms with Crippen molar-refractivity contribution in [2.24, 2.45) is 0 Å². The Kier molecular flexibility index (Phi) is 4.38. The number of hydrogen-bond donors (Lipinski definition) is 1. The summed E-state index contributed by atoms with van der Waals surface area (Å²) in [4.78, 5) is 8.97. The minimum Gasteiger partial charge on any atom is -0.305 e. The van der Waals surface area contributed by atoms with E-state index in [2.05, 4.69) is 51.9 Å². The maximum Gasteiger partial charge on any atom is 0.142 e. The van der Waals surface area contributed by atoms with E-state index in [1.165, 1.54) is 5.56 Å². The Morgan fingerprint density at radius 1 is 1.10 bits per heavy atom. The Morgan fingerprint density at radius 2 is 1.90 bits per heavy atom. The number of thiazole rings is 1. The van der Waals surface area contributed by atoms with Crippen molar-refractivity contribution in [3.63, 3.8) is 0 Å². The van der Waals surface area contributed by atoms with Gasteiger partial charge in [-0.25, -0.2) is 4.98 Å². The van der Waals surface area contributed by atoms with Crippen molar-refractivity contribution in [2.45, 2.75) is 19.5 Å². The molecule has 2 aromatic heterocycles. The van der Waals surface area contributed by atoms with Crippen LogP contribution in [-0.4, -0.2) is 9.97 Å². The molecular weight excluding hydrogens is 278 g/mol. The first-order chi connectivity index (χ1) is 10.3. The quantitative estimate of drug-likeness (QED) is 0.771. The summed E-state index contributed by atoms with van der Waals surface area (Å²) in [7, 11) is 0. The van der Waals surface area contributed by atoms with E-state index in [-0.39, 0.29) is 0 Å². The first-order valence-electron chi connectivity index (χ1n) is 6.97. The standard InChI is InChI=1S/C17H17N3S/c1-13(14-7-3-2-4-8-14)19-11-15-12-21-17(20-15)16-9-5-6-10-18-16/h2-10,12-13,19H,11H2,1H3. The Labute approximate surface area is 128 Å². The molecule has 0 bridgehead atoms. The van der Waals surface area contributed by atoms with E-state index >= 15 is 0 Å². The van der Waals surface area contributed by atoms with E-state index in [0.717, 1.165) is 22.9 Å². The molecule has 4 heteroatoms. The van der Waals surface area contributed by atoms with E-state index in [0.29, 0.717) is 6.04 Å². The van der Waals surface area contributed by atoms with Gasteiger partial charge in [-0.15, -0.1) is 11.3 Å². The molecule has 21 heavy (non-hydrogen) atoms. The topological polar surface area (TPSA) is 37.8 Å². The maximum absolute atomic E-state index is 4.64. The molecule has 106 valence electrons. The predicted molar refractivity (Wildman–Crippen MR) is 87.0 cm³/mol. The molecule has 0 aliphatic rings. The molecule has 0 aliphatic heterocycles. The van der Waals surface area contributed by atoms with Gasteiger partial charge >= 0.3 is 0 Å². The maximum atomic E-state index is 4.64. The van der Waals surface area contributed by atoms with Crippen LogP contribution in [-0.2, 0) is 6.54 Å². The largest absolute Gasteiger partial charge is 0.305 e. The zero-order valence-electron chi connectivity index (χ0n) is 11.9. The predicted octanol–water partition coefficient (Wildman–Crippen LogP) is 4.06. The molecule has 0 saturated carbocycles. The highest BCUT2D eigenvalue weighted by Crippen LogP contribution is 2.21. The third-order valence-electron chi connectivity index (χ3n) is 3.32. The fourth-order valence-corrected chi connectivity index (χ4v) is 2.91. The van der Waals surface area contributed by atoms with Crippen molar-refractivity contribution in [1.82, 2.24) is 15.3 Å². The lowest BCUT2D eigenvalue weighted by molar-refractivity contribution is 0.569. The summed E-state index contributed by atoms with van der Waals surface area (Å²) in [5, 5.41) is 6.57. The van der Waals surface area contributed by atoms with Crippen LogP contribution in [0.25, 0.3) is 10.7 Å². The average Bonchev–Trinajstić information content (AvgIpc) is 3.03. The molecule has 2 heterocycles. The van der Waals surface area contributed by atoms with Crippen LogP contribution in [0.5, 0.6) is 0 Å². The van der Waals surface area contributed by atoms with Crippen molar-refractivity contribution in [2.75, 3.05) is 0 Å². The van der Waals surface area contributed by atoms with Gasteiger partial charge in [-0.05, 0) is 24.6 Å². The normalized spacial score (nSPS) is 12.2. The summed E-state index contributed by atoms with van der Waals surface area (Å²) in [5.41, 5.74) is 3.28. The van der Waals surface area contributed by atoms with Crippen LogP contribution >= 0.6 is 11.3 Å². The number of pyridine rings is 1. The van der Waals surface area contributed by atoms with E-state index < -0.39 is 0 Å². The van der Waals surface area contributed by atoms with E-state index in [1.807, 2.05) is 24.3 Å². The lowest BCUT2D eigenvalue weighted by atomic mass is 10.1. The van der Waals surface area contributed by atoms with Crippen molar-refractivity contribution < 1.29 is 0 Å². The van der Waals surface area contributed by atoms with E-state index in [9.17, 15) is 0 Å². The van der Waals surface area contributed by atoms with Crippen molar-refractivity contribution in [1.29, 1.82) is 0 Å². The van der Waals surface area contributed by atoms with Crippen molar-refractivity contribution >= 4 is 11.3 Å². The number of nitrogens with one attached hydrogen (secondary N) is 1. The van der Waals surface area contributed by atoms with Gasteiger partial charge in [-0.3, -0.25) is 4.98 Å². The monoisotopic (exact) mass is 295 g/mol. The van der Waals surface area contributed by atoms with Crippen LogP contribution < -0.4 is 5.32 Å². The molecule has 0 amide bonds. The highest BCUT2D eigenvalue weighted by atomic mass is 32.1. The van der Waals surface area contributed by atoms with Crippen LogP contribution in [0.2, 0.25) is 0 Å². The summed E-state index contributed by atoms with van der Waals surface area (Å²) in [6.45, 7) is 2.93. The molecule has 3 nitrogen and oxygen atoms in total. The number of hydrogen-bond acceptors (Lipinski definition) is 4. The SMILES string of the molecule is CC(NCc1csc(-c2ccccn2)n1)c1ccccc1. The molecule has 1 atom stereocenters. The Hall–Kier alpha value is -2.04. The molecule has 0 fully saturated rings. The third-order valence-corrected chi connectivity index (χ3v) is 4.24. The molecule has 1 unspecified atom stereocenters. The molecule has 0 spiro atoms. The van der Waals surface area contributed by atoms with Crippen LogP contribution in [0, 0.1) is 0 Å². The summed E-state index contributed by atoms with van der Waals surface area (Å²) in [5.74, 6) is 0. The number of aromatic nitrogens is 2. The fourth-order valence-electron chi connectivity index (χ4n) is 2.11. The van der Waals surface area contributed by atoms with Crippen LogP contribution in [0.3, 0.4) is 0 Å². The van der Waals surface area contributed by atoms with Gasteiger partial charge in [0.2, 0.25) is 0 Å². The fraction of sp³-hybridized carbons (Fsp3) is 0.176. The second-order valence-electron chi connectivity index (χ2n) is 4.87. The Balaban J connectivity index is 1.63. The first-order valence-corrected chi connectivity index (χ1v) is 7.85. The van der Waals surface area contributed by atoms with Gasteiger partial charge in [0.25, 0.3) is 0 Å². The highest BCUT2D eigenvalue weighted by Gasteiger charge is 2.08. The van der Waals surface area contributed by atoms with Crippen LogP contribution in [0.4, 0.5) is 0 Å². The van der Waals surface area contributed by atoms with Gasteiger partial charge in [0.15, 0.2) is 0 Å². The van der Waals surface area contributed by atoms with Gasteiger partial charge < -0.3 is 5.32 Å². The molecule has 0 radical (unpaired) electrons. The summed E-state index contributed by atoms with van der Waals surface area (Å²) in [6, 6.07) is 16.6. The third kappa shape index (κ3) is 3.54. The van der Waals surface area contributed by atoms with Crippen LogP contribution in [0.1, 0.15) is 24.2 Å². The number of rotatable bonds is 5. The first kappa shape index (κ1) is 13.9. The minimum atomic E-state index is 0.311. The molecule has 3 rings (SSSR count). The summed E-state index contributed by atoms with van der Waals surface area (Å²) < 4.78 is 0. The van der Waals surface area contributed by atoms with Crippen molar-refractivity contribution in [3.8, 4) is 10.7 Å². The molecular formula is C17H17N3S. The van der Waals surface area contributed by atoms with Crippen LogP contribution in [0.15, 0.2) is 60.1 Å². The zero-order valence-corrected chi connectivity index (χ0v) is 12.7. The highest BCUT2D eigenvalue weighted by molar-refractivity contribution is 7.13. The van der Waals surface area contributed by atoms with Gasteiger partial charge in [0.1, 0.15) is 5.01 Å². The lowest BCUT2D eigenvalue weighted by Crippen LogP contribution is -2.18. The minimum absolute atomic E-state index is 0.311. The van der Waals surface area contributed by atoms with Gasteiger partial charge in [-0.2, -0.15) is 0 Å². The summed E-state index contributed by atoms with van der Waals surface area (Å²) in [6.07, 6.45) is 1.80. The summed E-state index contributed by atoms with van der Waals surface area (Å²) >= 11 is 1.64. The zero-order chi connectivity index (χ0) is 14.5. The molecule has 3 aromatic rings. The van der Waals surface area contributed by atoms with Crippen molar-refractivity contribution in [3.05, 3.63) is 71.4 Å². The van der Waals surface area contributed by atoms with E-state index in [4.69, 9.17) is 0 Å². The van der Waals surface area contributed by atoms with E-state index in [1.54, 1.807) is 17.5 Å². The van der Waals surface area contributed by atoms with Gasteiger partial charge in [-0.1, -0.05) is 36.4 Å². The lowest BCUT2D eigenvalue weighted by Gasteiger charge is -2.12. The second-order valence-corrected chi connectivity index (χ2v) is 5.73.